The molecule has 2 aromatic rings. The molecule has 3 aliphatic rings. The fourth-order valence-electron chi connectivity index (χ4n) is 5.06. The predicted octanol–water partition coefficient (Wildman–Crippen LogP) is 4.58. The number of sulfone groups is 1. The molecule has 0 radical (unpaired) electrons. The molecule has 1 aromatic carbocycles. The van der Waals surface area contributed by atoms with Gasteiger partial charge in [-0.1, -0.05) is 24.4 Å². The van der Waals surface area contributed by atoms with Crippen molar-refractivity contribution >= 4 is 38.5 Å². The third-order valence-electron chi connectivity index (χ3n) is 6.70. The third-order valence-corrected chi connectivity index (χ3v) is 9.61. The fraction of sp³-hybridized carbons (Fsp3) is 0.571. The summed E-state index contributed by atoms with van der Waals surface area (Å²) in [6.45, 7) is 2.34. The molecule has 5 nitrogen and oxygen atoms in total. The zero-order valence-corrected chi connectivity index (χ0v) is 18.9. The zero-order chi connectivity index (χ0) is 20.9. The summed E-state index contributed by atoms with van der Waals surface area (Å²) in [5, 5.41) is 5.82. The van der Waals surface area contributed by atoms with Crippen LogP contribution in [-0.4, -0.2) is 43.5 Å². The van der Waals surface area contributed by atoms with Crippen LogP contribution < -0.4 is 5.32 Å². The van der Waals surface area contributed by atoms with Crippen LogP contribution in [0.1, 0.15) is 37.1 Å². The lowest BCUT2D eigenvalue weighted by atomic mass is 9.89. The highest BCUT2D eigenvalue weighted by molar-refractivity contribution is 7.90. The topological polar surface area (TPSA) is 62.3 Å². The van der Waals surface area contributed by atoms with E-state index < -0.39 is 15.7 Å². The summed E-state index contributed by atoms with van der Waals surface area (Å²) in [5.41, 5.74) is 0.476. The first-order valence-electron chi connectivity index (χ1n) is 10.5. The highest BCUT2D eigenvalue weighted by Gasteiger charge is 2.48. The molecule has 2 heterocycles. The van der Waals surface area contributed by atoms with Gasteiger partial charge in [0.05, 0.1) is 10.7 Å². The van der Waals surface area contributed by atoms with Gasteiger partial charge in [0.2, 0.25) is 0 Å². The number of piperidine rings is 1. The number of likely N-dealkylation sites (tertiary alicyclic amines) is 1. The van der Waals surface area contributed by atoms with Gasteiger partial charge in [-0.05, 0) is 43.2 Å². The van der Waals surface area contributed by atoms with Gasteiger partial charge in [-0.3, -0.25) is 4.90 Å². The predicted molar refractivity (Wildman–Crippen MR) is 117 cm³/mol. The molecule has 2 saturated carbocycles. The molecule has 1 N–H and O–H groups in total. The van der Waals surface area contributed by atoms with E-state index in [1.165, 1.54) is 55.6 Å². The lowest BCUT2D eigenvalue weighted by Crippen LogP contribution is -2.48. The minimum absolute atomic E-state index is 0.200. The summed E-state index contributed by atoms with van der Waals surface area (Å²) >= 11 is 7.66. The summed E-state index contributed by atoms with van der Waals surface area (Å²) in [6.07, 6.45) is 7.40. The molecule has 9 heteroatoms. The number of rotatable bonds is 6. The van der Waals surface area contributed by atoms with E-state index in [4.69, 9.17) is 11.6 Å². The van der Waals surface area contributed by atoms with Gasteiger partial charge >= 0.3 is 0 Å². The van der Waals surface area contributed by atoms with Gasteiger partial charge in [0, 0.05) is 36.8 Å². The molecule has 2 aliphatic carbocycles. The number of benzene rings is 1. The number of hydrogen-bond acceptors (Lipinski definition) is 6. The molecule has 1 aromatic heterocycles. The van der Waals surface area contributed by atoms with Crippen molar-refractivity contribution in [2.24, 2.45) is 11.8 Å². The minimum atomic E-state index is -3.86. The molecule has 30 heavy (non-hydrogen) atoms. The van der Waals surface area contributed by atoms with Crippen molar-refractivity contribution in [3.63, 3.8) is 0 Å². The van der Waals surface area contributed by atoms with E-state index in [-0.39, 0.29) is 21.7 Å². The quantitative estimate of drug-likeness (QED) is 0.670. The summed E-state index contributed by atoms with van der Waals surface area (Å²) in [4.78, 5) is 6.22. The Labute approximate surface area is 185 Å². The number of aromatic nitrogens is 1. The van der Waals surface area contributed by atoms with Gasteiger partial charge in [0.15, 0.2) is 9.84 Å². The maximum Gasteiger partial charge on any atom is 0.187 e. The average molecular weight is 470 g/mol. The summed E-state index contributed by atoms with van der Waals surface area (Å²) in [6, 6.07) is 3.11. The maximum absolute atomic E-state index is 14.9. The van der Waals surface area contributed by atoms with Crippen molar-refractivity contribution in [2.45, 2.75) is 54.8 Å². The smallest absolute Gasteiger partial charge is 0.187 e. The summed E-state index contributed by atoms with van der Waals surface area (Å²) in [7, 11) is -3.86. The van der Waals surface area contributed by atoms with Crippen molar-refractivity contribution in [3.05, 3.63) is 39.6 Å². The lowest BCUT2D eigenvalue weighted by molar-refractivity contribution is 0.161. The van der Waals surface area contributed by atoms with Crippen LogP contribution in [-0.2, 0) is 15.6 Å². The van der Waals surface area contributed by atoms with Crippen molar-refractivity contribution in [1.82, 2.24) is 9.88 Å². The molecule has 4 atom stereocenters. The summed E-state index contributed by atoms with van der Waals surface area (Å²) in [5.74, 6) is 0.646. The third kappa shape index (κ3) is 4.11. The Morgan fingerprint density at radius 1 is 1.23 bits per heavy atom. The van der Waals surface area contributed by atoms with Crippen molar-refractivity contribution in [2.75, 3.05) is 18.4 Å². The number of hydrogen-bond donors (Lipinski definition) is 1. The van der Waals surface area contributed by atoms with Crippen molar-refractivity contribution in [1.29, 1.82) is 0 Å². The van der Waals surface area contributed by atoms with Gasteiger partial charge < -0.3 is 5.32 Å². The molecule has 0 amide bonds. The minimum Gasteiger partial charge on any atom is -0.379 e. The Hall–Kier alpha value is -1.22. The van der Waals surface area contributed by atoms with Crippen LogP contribution in [0.15, 0.2) is 28.6 Å². The van der Waals surface area contributed by atoms with Crippen LogP contribution in [0.25, 0.3) is 0 Å². The van der Waals surface area contributed by atoms with Crippen molar-refractivity contribution < 1.29 is 12.8 Å². The van der Waals surface area contributed by atoms with Crippen LogP contribution in [0.4, 0.5) is 10.1 Å². The molecule has 5 rings (SSSR count). The van der Waals surface area contributed by atoms with Crippen LogP contribution in [0, 0.1) is 17.7 Å². The molecular weight excluding hydrogens is 445 g/mol. The SMILES string of the molecule is O=S(=O)(Cc1nccs1)c1cc(Cl)c(N[C@@H]2CCCC[C@H]2N2CC3CC3C2)cc1F. The second-order valence-electron chi connectivity index (χ2n) is 8.76. The molecule has 0 bridgehead atoms. The molecule has 2 unspecified atom stereocenters. The Morgan fingerprint density at radius 2 is 2.00 bits per heavy atom. The van der Waals surface area contributed by atoms with Crippen LogP contribution in [0.5, 0.6) is 0 Å². The largest absolute Gasteiger partial charge is 0.379 e. The molecular formula is C21H25ClFN3O2S2. The second kappa shape index (κ2) is 8.04. The Balaban J connectivity index is 1.35. The van der Waals surface area contributed by atoms with E-state index in [1.807, 2.05) is 0 Å². The monoisotopic (exact) mass is 469 g/mol. The Kier molecular flexibility index (Phi) is 5.54. The fourth-order valence-corrected chi connectivity index (χ4v) is 7.69. The van der Waals surface area contributed by atoms with E-state index in [9.17, 15) is 12.8 Å². The number of fused-ring (bicyclic) bond motifs is 1. The normalized spacial score (nSPS) is 29.0. The van der Waals surface area contributed by atoms with E-state index in [0.29, 0.717) is 16.7 Å². The van der Waals surface area contributed by atoms with Crippen LogP contribution in [0.3, 0.4) is 0 Å². The second-order valence-corrected chi connectivity index (χ2v) is 12.1. The first kappa shape index (κ1) is 20.7. The zero-order valence-electron chi connectivity index (χ0n) is 16.6. The Morgan fingerprint density at radius 3 is 2.73 bits per heavy atom. The number of halogens is 2. The first-order valence-corrected chi connectivity index (χ1v) is 13.4. The first-order chi connectivity index (χ1) is 14.4. The van der Waals surface area contributed by atoms with E-state index in [1.54, 1.807) is 5.38 Å². The maximum atomic E-state index is 14.9. The van der Waals surface area contributed by atoms with Gasteiger partial charge in [-0.25, -0.2) is 17.8 Å². The van der Waals surface area contributed by atoms with Gasteiger partial charge in [0.25, 0.3) is 0 Å². The molecule has 1 aliphatic heterocycles. The van der Waals surface area contributed by atoms with Crippen LogP contribution in [0.2, 0.25) is 5.02 Å². The summed E-state index contributed by atoms with van der Waals surface area (Å²) < 4.78 is 40.2. The average Bonchev–Trinajstić information content (AvgIpc) is 3.08. The molecule has 1 saturated heterocycles. The number of anilines is 1. The van der Waals surface area contributed by atoms with E-state index in [2.05, 4.69) is 15.2 Å². The molecule has 162 valence electrons. The molecule has 0 spiro atoms. The van der Waals surface area contributed by atoms with Gasteiger partial charge in [-0.15, -0.1) is 11.3 Å². The van der Waals surface area contributed by atoms with E-state index in [0.717, 1.165) is 31.1 Å². The standard InChI is InChI=1S/C21H25ClFN3O2S2/c22-15-8-20(30(27,28)12-21-24-5-6-29-21)16(23)9-18(15)25-17-3-1-2-4-19(17)26-10-13-7-14(13)11-26/h5-6,8-9,13-14,17,19,25H,1-4,7,10-12H2/t13?,14?,17-,19-/m1/s1. The molecule has 3 fully saturated rings. The number of thiazole rings is 1. The van der Waals surface area contributed by atoms with Gasteiger partial charge in [-0.2, -0.15) is 0 Å². The van der Waals surface area contributed by atoms with Crippen LogP contribution >= 0.6 is 22.9 Å². The van der Waals surface area contributed by atoms with Crippen molar-refractivity contribution in [3.8, 4) is 0 Å². The highest BCUT2D eigenvalue weighted by atomic mass is 35.5. The highest BCUT2D eigenvalue weighted by Crippen LogP contribution is 2.47. The van der Waals surface area contributed by atoms with Gasteiger partial charge in [0.1, 0.15) is 21.5 Å². The van der Waals surface area contributed by atoms with E-state index >= 15 is 0 Å². The Bertz CT molecular complexity index is 1020. The lowest BCUT2D eigenvalue weighted by Gasteiger charge is -2.39. The number of nitrogens with one attached hydrogen (secondary N) is 1. The number of nitrogens with zero attached hydrogens (tertiary/aromatic N) is 2.